The number of carbonyl (C=O) groups excluding carboxylic acids is 1. The highest BCUT2D eigenvalue weighted by Crippen LogP contribution is 2.23. The van der Waals surface area contributed by atoms with Gasteiger partial charge in [0, 0.05) is 18.3 Å². The van der Waals surface area contributed by atoms with Crippen molar-refractivity contribution in [3.05, 3.63) is 29.3 Å². The summed E-state index contributed by atoms with van der Waals surface area (Å²) in [5, 5.41) is 12.8. The number of rotatable bonds is 5. The van der Waals surface area contributed by atoms with E-state index in [1.165, 1.54) is 0 Å². The Morgan fingerprint density at radius 3 is 2.71 bits per heavy atom. The number of anilines is 1. The van der Waals surface area contributed by atoms with Crippen LogP contribution in [0, 0.1) is 13.8 Å². The van der Waals surface area contributed by atoms with Gasteiger partial charge in [0.15, 0.2) is 0 Å². The maximum atomic E-state index is 12.4. The van der Waals surface area contributed by atoms with E-state index in [1.807, 2.05) is 36.9 Å². The van der Waals surface area contributed by atoms with Crippen molar-refractivity contribution in [2.24, 2.45) is 0 Å². The number of benzene rings is 1. The van der Waals surface area contributed by atoms with Crippen molar-refractivity contribution in [3.63, 3.8) is 0 Å². The molecule has 1 saturated heterocycles. The second kappa shape index (κ2) is 6.94. The Labute approximate surface area is 127 Å². The summed E-state index contributed by atoms with van der Waals surface area (Å²) in [6.07, 6.45) is 2.36. The number of nitrogens with zero attached hydrogens (tertiary/aromatic N) is 1. The first kappa shape index (κ1) is 15.8. The van der Waals surface area contributed by atoms with Gasteiger partial charge in [-0.1, -0.05) is 18.2 Å². The molecule has 4 nitrogen and oxygen atoms in total. The van der Waals surface area contributed by atoms with Gasteiger partial charge in [0.2, 0.25) is 5.91 Å². The van der Waals surface area contributed by atoms with Gasteiger partial charge in [0.05, 0.1) is 12.6 Å². The Morgan fingerprint density at radius 2 is 2.10 bits per heavy atom. The highest BCUT2D eigenvalue weighted by molar-refractivity contribution is 5.82. The monoisotopic (exact) mass is 290 g/mol. The third kappa shape index (κ3) is 3.97. The zero-order chi connectivity index (χ0) is 15.4. The number of likely N-dealkylation sites (tertiary alicyclic amines) is 1. The Morgan fingerprint density at radius 1 is 1.43 bits per heavy atom. The highest BCUT2D eigenvalue weighted by atomic mass is 16.3. The molecule has 2 rings (SSSR count). The number of amides is 1. The Bertz CT molecular complexity index is 479. The lowest BCUT2D eigenvalue weighted by atomic mass is 10.1. The molecule has 1 fully saturated rings. The third-order valence-corrected chi connectivity index (χ3v) is 4.21. The molecule has 1 heterocycles. The van der Waals surface area contributed by atoms with Crippen molar-refractivity contribution >= 4 is 11.6 Å². The molecule has 1 aromatic rings. The van der Waals surface area contributed by atoms with Gasteiger partial charge in [-0.15, -0.1) is 0 Å². The van der Waals surface area contributed by atoms with Crippen molar-refractivity contribution in [1.29, 1.82) is 0 Å². The second-order valence-corrected chi connectivity index (χ2v) is 6.09. The van der Waals surface area contributed by atoms with E-state index in [-0.39, 0.29) is 18.1 Å². The minimum Gasteiger partial charge on any atom is -0.393 e. The molecule has 21 heavy (non-hydrogen) atoms. The quantitative estimate of drug-likeness (QED) is 0.876. The van der Waals surface area contributed by atoms with Crippen molar-refractivity contribution in [2.45, 2.75) is 52.2 Å². The van der Waals surface area contributed by atoms with E-state index in [1.54, 1.807) is 6.92 Å². The number of hydrogen-bond donors (Lipinski definition) is 2. The SMILES string of the molecule is Cc1cccc(C)c1NCC(=O)N1CCCC1CC(C)O. The molecular weight excluding hydrogens is 264 g/mol. The molecule has 0 bridgehead atoms. The molecule has 0 aromatic heterocycles. The average Bonchev–Trinajstić information content (AvgIpc) is 2.85. The number of hydrogen-bond acceptors (Lipinski definition) is 3. The topological polar surface area (TPSA) is 52.6 Å². The lowest BCUT2D eigenvalue weighted by molar-refractivity contribution is -0.130. The van der Waals surface area contributed by atoms with Crippen molar-refractivity contribution in [1.82, 2.24) is 4.90 Å². The Kier molecular flexibility index (Phi) is 5.23. The van der Waals surface area contributed by atoms with E-state index in [9.17, 15) is 9.90 Å². The van der Waals surface area contributed by atoms with Gasteiger partial charge in [0.25, 0.3) is 0 Å². The number of aryl methyl sites for hydroxylation is 2. The van der Waals surface area contributed by atoms with Crippen LogP contribution in [0.25, 0.3) is 0 Å². The van der Waals surface area contributed by atoms with Gasteiger partial charge in [0.1, 0.15) is 0 Å². The maximum absolute atomic E-state index is 12.4. The summed E-state index contributed by atoms with van der Waals surface area (Å²) in [7, 11) is 0. The van der Waals surface area contributed by atoms with Crippen LogP contribution in [0.3, 0.4) is 0 Å². The van der Waals surface area contributed by atoms with Crippen LogP contribution < -0.4 is 5.32 Å². The highest BCUT2D eigenvalue weighted by Gasteiger charge is 2.29. The Balaban J connectivity index is 1.95. The van der Waals surface area contributed by atoms with Crippen LogP contribution in [-0.2, 0) is 4.79 Å². The largest absolute Gasteiger partial charge is 0.393 e. The summed E-state index contributed by atoms with van der Waals surface area (Å²) < 4.78 is 0. The van der Waals surface area contributed by atoms with Crippen LogP contribution in [-0.4, -0.2) is 41.1 Å². The average molecular weight is 290 g/mol. The summed E-state index contributed by atoms with van der Waals surface area (Å²) in [5.41, 5.74) is 3.37. The van der Waals surface area contributed by atoms with Crippen molar-refractivity contribution in [3.8, 4) is 0 Å². The molecule has 2 unspecified atom stereocenters. The summed E-state index contributed by atoms with van der Waals surface area (Å²) in [5.74, 6) is 0.126. The summed E-state index contributed by atoms with van der Waals surface area (Å²) >= 11 is 0. The minimum absolute atomic E-state index is 0.126. The molecule has 0 saturated carbocycles. The summed E-state index contributed by atoms with van der Waals surface area (Å²) in [6.45, 7) is 7.01. The van der Waals surface area contributed by atoms with Gasteiger partial charge in [-0.05, 0) is 51.2 Å². The Hall–Kier alpha value is -1.55. The van der Waals surface area contributed by atoms with Crippen LogP contribution in [0.1, 0.15) is 37.3 Å². The van der Waals surface area contributed by atoms with Crippen molar-refractivity contribution in [2.75, 3.05) is 18.4 Å². The lowest BCUT2D eigenvalue weighted by Gasteiger charge is -2.26. The fourth-order valence-electron chi connectivity index (χ4n) is 3.16. The van der Waals surface area contributed by atoms with Crippen LogP contribution in [0.4, 0.5) is 5.69 Å². The minimum atomic E-state index is -0.352. The van der Waals surface area contributed by atoms with Gasteiger partial charge < -0.3 is 15.3 Å². The molecule has 2 atom stereocenters. The third-order valence-electron chi connectivity index (χ3n) is 4.21. The van der Waals surface area contributed by atoms with E-state index < -0.39 is 0 Å². The predicted molar refractivity (Wildman–Crippen MR) is 85.4 cm³/mol. The lowest BCUT2D eigenvalue weighted by Crippen LogP contribution is -2.40. The molecular formula is C17H26N2O2. The molecule has 0 spiro atoms. The van der Waals surface area contributed by atoms with Gasteiger partial charge in [-0.25, -0.2) is 0 Å². The van der Waals surface area contributed by atoms with Crippen LogP contribution in [0.5, 0.6) is 0 Å². The number of carbonyl (C=O) groups is 1. The first-order valence-corrected chi connectivity index (χ1v) is 7.76. The second-order valence-electron chi connectivity index (χ2n) is 6.09. The molecule has 1 aromatic carbocycles. The molecule has 1 aliphatic heterocycles. The first-order valence-electron chi connectivity index (χ1n) is 7.76. The molecule has 1 aliphatic rings. The molecule has 2 N–H and O–H groups in total. The normalized spacial score (nSPS) is 19.6. The number of aliphatic hydroxyl groups is 1. The number of para-hydroxylation sites is 1. The van der Waals surface area contributed by atoms with Gasteiger partial charge in [-0.2, -0.15) is 0 Å². The molecule has 1 amide bonds. The maximum Gasteiger partial charge on any atom is 0.242 e. The van der Waals surface area contributed by atoms with E-state index in [4.69, 9.17) is 0 Å². The van der Waals surface area contributed by atoms with Crippen LogP contribution >= 0.6 is 0 Å². The fraction of sp³-hybridized carbons (Fsp3) is 0.588. The molecule has 0 radical (unpaired) electrons. The van der Waals surface area contributed by atoms with Crippen LogP contribution in [0.15, 0.2) is 18.2 Å². The van der Waals surface area contributed by atoms with E-state index >= 15 is 0 Å². The molecule has 116 valence electrons. The van der Waals surface area contributed by atoms with E-state index in [2.05, 4.69) is 5.32 Å². The van der Waals surface area contributed by atoms with Gasteiger partial charge >= 0.3 is 0 Å². The van der Waals surface area contributed by atoms with E-state index in [0.29, 0.717) is 13.0 Å². The van der Waals surface area contributed by atoms with Gasteiger partial charge in [-0.3, -0.25) is 4.79 Å². The molecule has 0 aliphatic carbocycles. The smallest absolute Gasteiger partial charge is 0.242 e. The standard InChI is InChI=1S/C17H26N2O2/c1-12-6-4-7-13(2)17(12)18-11-16(21)19-9-5-8-15(19)10-14(3)20/h4,6-7,14-15,18,20H,5,8-11H2,1-3H3. The fourth-order valence-corrected chi connectivity index (χ4v) is 3.16. The van der Waals surface area contributed by atoms with E-state index in [0.717, 1.165) is 36.2 Å². The van der Waals surface area contributed by atoms with Crippen molar-refractivity contribution < 1.29 is 9.90 Å². The number of aliphatic hydroxyl groups excluding tert-OH is 1. The molecule has 4 heteroatoms. The summed E-state index contributed by atoms with van der Waals surface area (Å²) in [6, 6.07) is 6.31. The first-order chi connectivity index (χ1) is 9.99. The number of nitrogens with one attached hydrogen (secondary N) is 1. The zero-order valence-electron chi connectivity index (χ0n) is 13.2. The zero-order valence-corrected chi connectivity index (χ0v) is 13.2. The summed E-state index contributed by atoms with van der Waals surface area (Å²) in [4.78, 5) is 14.3. The predicted octanol–water partition coefficient (Wildman–Crippen LogP) is 2.48. The van der Waals surface area contributed by atoms with Crippen LogP contribution in [0.2, 0.25) is 0 Å².